The summed E-state index contributed by atoms with van der Waals surface area (Å²) < 4.78 is 7.06. The maximum atomic E-state index is 12.7. The number of ether oxygens (including phenoxy) is 1. The molecule has 0 N–H and O–H groups in total. The van der Waals surface area contributed by atoms with E-state index in [2.05, 4.69) is 0 Å². The SMILES string of the molecule is COc1ccc(Cn2nc(-c3ccccc3)c(-c3ccccc3)c2C(C)=O)cc1. The normalized spacial score (nSPS) is 10.7. The fourth-order valence-corrected chi connectivity index (χ4v) is 3.51. The number of nitrogens with zero attached hydrogens (tertiary/aromatic N) is 2. The van der Waals surface area contributed by atoms with Crippen LogP contribution in [0.25, 0.3) is 22.4 Å². The average Bonchev–Trinajstić information content (AvgIpc) is 3.15. The van der Waals surface area contributed by atoms with Crippen LogP contribution in [0.1, 0.15) is 23.0 Å². The molecule has 0 saturated heterocycles. The molecule has 29 heavy (non-hydrogen) atoms. The molecule has 0 spiro atoms. The first kappa shape index (κ1) is 18.7. The van der Waals surface area contributed by atoms with Crippen LogP contribution >= 0.6 is 0 Å². The Bertz CT molecular complexity index is 1110. The standard InChI is InChI=1S/C25H22N2O2/c1-18(28)25-23(20-9-5-3-6-10-20)24(21-11-7-4-8-12-21)26-27(25)17-19-13-15-22(29-2)16-14-19/h3-16H,17H2,1-2H3. The Balaban J connectivity index is 1.89. The van der Waals surface area contributed by atoms with E-state index in [9.17, 15) is 4.79 Å². The van der Waals surface area contributed by atoms with Crippen molar-refractivity contribution in [2.24, 2.45) is 0 Å². The summed E-state index contributed by atoms with van der Waals surface area (Å²) >= 11 is 0. The third-order valence-electron chi connectivity index (χ3n) is 4.89. The van der Waals surface area contributed by atoms with Crippen molar-refractivity contribution in [2.45, 2.75) is 13.5 Å². The van der Waals surface area contributed by atoms with Gasteiger partial charge in [-0.2, -0.15) is 5.10 Å². The lowest BCUT2D eigenvalue weighted by Crippen LogP contribution is -2.10. The first-order valence-electron chi connectivity index (χ1n) is 9.53. The highest BCUT2D eigenvalue weighted by Crippen LogP contribution is 2.35. The van der Waals surface area contributed by atoms with Crippen LogP contribution in [-0.2, 0) is 6.54 Å². The molecule has 4 heteroatoms. The molecular weight excluding hydrogens is 360 g/mol. The summed E-state index contributed by atoms with van der Waals surface area (Å²) in [5.41, 5.74) is 5.33. The van der Waals surface area contributed by atoms with Gasteiger partial charge >= 0.3 is 0 Å². The second-order valence-electron chi connectivity index (χ2n) is 6.87. The summed E-state index contributed by atoms with van der Waals surface area (Å²) in [6.45, 7) is 2.11. The second kappa shape index (κ2) is 8.15. The minimum Gasteiger partial charge on any atom is -0.497 e. The fraction of sp³-hybridized carbons (Fsp3) is 0.120. The van der Waals surface area contributed by atoms with E-state index in [0.29, 0.717) is 12.2 Å². The highest BCUT2D eigenvalue weighted by molar-refractivity contribution is 6.03. The van der Waals surface area contributed by atoms with Crippen LogP contribution in [0.4, 0.5) is 0 Å². The minimum absolute atomic E-state index is 0.00736. The van der Waals surface area contributed by atoms with E-state index < -0.39 is 0 Å². The van der Waals surface area contributed by atoms with Gasteiger partial charge in [0.05, 0.1) is 13.7 Å². The predicted molar refractivity (Wildman–Crippen MR) is 115 cm³/mol. The van der Waals surface area contributed by atoms with Crippen molar-refractivity contribution in [1.29, 1.82) is 0 Å². The van der Waals surface area contributed by atoms with E-state index in [1.165, 1.54) is 0 Å². The van der Waals surface area contributed by atoms with Gasteiger partial charge in [-0.05, 0) is 23.3 Å². The van der Waals surface area contributed by atoms with Crippen molar-refractivity contribution in [2.75, 3.05) is 7.11 Å². The molecule has 0 aliphatic carbocycles. The summed E-state index contributed by atoms with van der Waals surface area (Å²) in [7, 11) is 1.65. The van der Waals surface area contributed by atoms with Crippen molar-refractivity contribution in [3.8, 4) is 28.1 Å². The van der Waals surface area contributed by atoms with Gasteiger partial charge in [0, 0.05) is 18.1 Å². The Kier molecular flexibility index (Phi) is 5.25. The van der Waals surface area contributed by atoms with Gasteiger partial charge in [0.15, 0.2) is 5.78 Å². The van der Waals surface area contributed by atoms with Crippen LogP contribution in [0, 0.1) is 0 Å². The molecule has 4 aromatic rings. The monoisotopic (exact) mass is 382 g/mol. The lowest BCUT2D eigenvalue weighted by atomic mass is 9.97. The maximum absolute atomic E-state index is 12.7. The number of hydrogen-bond acceptors (Lipinski definition) is 3. The molecule has 4 nitrogen and oxygen atoms in total. The molecule has 0 aliphatic rings. The average molecular weight is 382 g/mol. The molecule has 1 heterocycles. The van der Waals surface area contributed by atoms with Crippen LogP contribution < -0.4 is 4.74 Å². The zero-order valence-electron chi connectivity index (χ0n) is 16.5. The van der Waals surface area contributed by atoms with E-state index in [1.807, 2.05) is 89.6 Å². The summed E-state index contributed by atoms with van der Waals surface area (Å²) in [6.07, 6.45) is 0. The third kappa shape index (κ3) is 3.83. The molecule has 1 aromatic heterocycles. The molecule has 0 fully saturated rings. The number of Topliss-reactive ketones (excluding diaryl/α,β-unsaturated/α-hetero) is 1. The Morgan fingerprint density at radius 1 is 0.862 bits per heavy atom. The topological polar surface area (TPSA) is 44.1 Å². The molecule has 0 saturated carbocycles. The largest absolute Gasteiger partial charge is 0.497 e. The van der Waals surface area contributed by atoms with Gasteiger partial charge in [0.1, 0.15) is 17.1 Å². The zero-order valence-corrected chi connectivity index (χ0v) is 16.5. The number of methoxy groups -OCH3 is 1. The molecular formula is C25H22N2O2. The Morgan fingerprint density at radius 3 is 2.00 bits per heavy atom. The highest BCUT2D eigenvalue weighted by atomic mass is 16.5. The first-order chi connectivity index (χ1) is 14.2. The Labute approximate surface area is 170 Å². The van der Waals surface area contributed by atoms with Gasteiger partial charge in [-0.1, -0.05) is 72.8 Å². The van der Waals surface area contributed by atoms with Gasteiger partial charge < -0.3 is 4.74 Å². The summed E-state index contributed by atoms with van der Waals surface area (Å²) in [4.78, 5) is 12.7. The fourth-order valence-electron chi connectivity index (χ4n) is 3.51. The molecule has 3 aromatic carbocycles. The van der Waals surface area contributed by atoms with Gasteiger partial charge in [-0.15, -0.1) is 0 Å². The van der Waals surface area contributed by atoms with Crippen molar-refractivity contribution >= 4 is 5.78 Å². The number of aromatic nitrogens is 2. The number of benzene rings is 3. The van der Waals surface area contributed by atoms with Crippen LogP contribution in [0.3, 0.4) is 0 Å². The van der Waals surface area contributed by atoms with Crippen LogP contribution in [0.5, 0.6) is 5.75 Å². The van der Waals surface area contributed by atoms with Gasteiger partial charge in [0.2, 0.25) is 0 Å². The molecule has 4 rings (SSSR count). The minimum atomic E-state index is -0.00736. The molecule has 0 amide bonds. The smallest absolute Gasteiger partial charge is 0.178 e. The lowest BCUT2D eigenvalue weighted by molar-refractivity contribution is 0.100. The van der Waals surface area contributed by atoms with Crippen molar-refractivity contribution < 1.29 is 9.53 Å². The van der Waals surface area contributed by atoms with Crippen molar-refractivity contribution in [3.63, 3.8) is 0 Å². The number of hydrogen-bond donors (Lipinski definition) is 0. The predicted octanol–water partition coefficient (Wildman–Crippen LogP) is 5.48. The van der Waals surface area contributed by atoms with Crippen molar-refractivity contribution in [3.05, 3.63) is 96.2 Å². The quantitative estimate of drug-likeness (QED) is 0.415. The molecule has 0 radical (unpaired) electrons. The number of carbonyl (C=O) groups excluding carboxylic acids is 1. The number of ketones is 1. The number of rotatable bonds is 6. The molecule has 0 atom stereocenters. The summed E-state index contributed by atoms with van der Waals surface area (Å²) in [6, 6.07) is 27.8. The van der Waals surface area contributed by atoms with E-state index in [1.54, 1.807) is 14.0 Å². The molecule has 0 unspecified atom stereocenters. The Morgan fingerprint density at radius 2 is 1.45 bits per heavy atom. The second-order valence-corrected chi connectivity index (χ2v) is 6.87. The van der Waals surface area contributed by atoms with Crippen LogP contribution in [0.2, 0.25) is 0 Å². The van der Waals surface area contributed by atoms with E-state index >= 15 is 0 Å². The van der Waals surface area contributed by atoms with E-state index in [4.69, 9.17) is 9.84 Å². The maximum Gasteiger partial charge on any atom is 0.178 e. The molecule has 0 aliphatic heterocycles. The Hall–Kier alpha value is -3.66. The van der Waals surface area contributed by atoms with Gasteiger partial charge in [-0.25, -0.2) is 0 Å². The third-order valence-corrected chi connectivity index (χ3v) is 4.89. The molecule has 0 bridgehead atoms. The number of carbonyl (C=O) groups is 1. The zero-order chi connectivity index (χ0) is 20.2. The highest BCUT2D eigenvalue weighted by Gasteiger charge is 2.23. The summed E-state index contributed by atoms with van der Waals surface area (Å²) in [5.74, 6) is 0.794. The van der Waals surface area contributed by atoms with Gasteiger partial charge in [-0.3, -0.25) is 9.48 Å². The molecule has 144 valence electrons. The van der Waals surface area contributed by atoms with E-state index in [0.717, 1.165) is 33.7 Å². The summed E-state index contributed by atoms with van der Waals surface area (Å²) in [5, 5.41) is 4.88. The van der Waals surface area contributed by atoms with Crippen LogP contribution in [-0.4, -0.2) is 22.7 Å². The first-order valence-corrected chi connectivity index (χ1v) is 9.53. The van der Waals surface area contributed by atoms with Gasteiger partial charge in [0.25, 0.3) is 0 Å². The van der Waals surface area contributed by atoms with Crippen LogP contribution in [0.15, 0.2) is 84.9 Å². The van der Waals surface area contributed by atoms with Crippen molar-refractivity contribution in [1.82, 2.24) is 9.78 Å². The van der Waals surface area contributed by atoms with E-state index in [-0.39, 0.29) is 5.78 Å². The lowest BCUT2D eigenvalue weighted by Gasteiger charge is -2.08.